The molecule has 3 aliphatic carbocycles. The van der Waals surface area contributed by atoms with Crippen LogP contribution >= 0.6 is 15.9 Å². The van der Waals surface area contributed by atoms with Crippen LogP contribution in [0.5, 0.6) is 0 Å². The number of halogens is 1. The van der Waals surface area contributed by atoms with Crippen molar-refractivity contribution in [1.29, 1.82) is 0 Å². The van der Waals surface area contributed by atoms with Crippen LogP contribution < -0.4 is 16.6 Å². The van der Waals surface area contributed by atoms with Gasteiger partial charge in [0.1, 0.15) is 10.5 Å². The minimum absolute atomic E-state index is 0.337. The predicted octanol–water partition coefficient (Wildman–Crippen LogP) is 2.53. The maximum absolute atomic E-state index is 12.4. The minimum atomic E-state index is -0.773. The van der Waals surface area contributed by atoms with E-state index in [1.807, 2.05) is 0 Å². The largest absolute Gasteiger partial charge is 0.380 e. The van der Waals surface area contributed by atoms with E-state index in [2.05, 4.69) is 47.1 Å². The molecule has 1 amide bonds. The quantitative estimate of drug-likeness (QED) is 0.817. The highest BCUT2D eigenvalue weighted by atomic mass is 79.9. The maximum Gasteiger partial charge on any atom is 0.283 e. The van der Waals surface area contributed by atoms with E-state index in [9.17, 15) is 9.59 Å². The zero-order chi connectivity index (χ0) is 17.8. The summed E-state index contributed by atoms with van der Waals surface area (Å²) in [5.74, 6) is 1.42. The summed E-state index contributed by atoms with van der Waals surface area (Å²) in [6, 6.07) is -0.436. The van der Waals surface area contributed by atoms with E-state index >= 15 is 0 Å². The molecule has 0 aromatic carbocycles. The second kappa shape index (κ2) is 5.86. The summed E-state index contributed by atoms with van der Waals surface area (Å²) in [7, 11) is 0. The lowest BCUT2D eigenvalue weighted by Gasteiger charge is -2.62. The van der Waals surface area contributed by atoms with Gasteiger partial charge in [0.05, 0.1) is 11.9 Å². The second-order valence-electron chi connectivity index (χ2n) is 7.91. The number of hydrogen-bond acceptors (Lipinski definition) is 4. The van der Waals surface area contributed by atoms with Gasteiger partial charge in [0.25, 0.3) is 5.56 Å². The van der Waals surface area contributed by atoms with Crippen LogP contribution in [0.4, 0.5) is 5.69 Å². The number of fused-ring (bicyclic) bond motifs is 2. The number of anilines is 1. The van der Waals surface area contributed by atoms with Crippen LogP contribution in [0.1, 0.15) is 46.6 Å². The summed E-state index contributed by atoms with van der Waals surface area (Å²) in [5, 5.41) is 7.62. The summed E-state index contributed by atoms with van der Waals surface area (Å²) < 4.78 is 1.51. The van der Waals surface area contributed by atoms with Crippen molar-refractivity contribution in [2.45, 2.75) is 52.6 Å². The standard InChI is InChI=1S/C17H25BrN4O2/c1-8-11-5-10(17(11,3)4)6-12(8)21-13-7-20-22(9(2)15(19)23)16(24)14(13)18/h7-12,21H,5-6H2,1-4H3,(H2,19,23)/t8-,9?,10-,11+,12-/m1/s1. The van der Waals surface area contributed by atoms with Crippen LogP contribution in [0.2, 0.25) is 0 Å². The molecular weight excluding hydrogens is 372 g/mol. The Morgan fingerprint density at radius 2 is 2.17 bits per heavy atom. The molecule has 1 aromatic heterocycles. The van der Waals surface area contributed by atoms with Crippen molar-refractivity contribution >= 4 is 27.5 Å². The smallest absolute Gasteiger partial charge is 0.283 e. The molecular formula is C17H25BrN4O2. The lowest BCUT2D eigenvalue weighted by molar-refractivity contribution is -0.121. The zero-order valence-electron chi connectivity index (χ0n) is 14.5. The first kappa shape index (κ1) is 17.5. The van der Waals surface area contributed by atoms with Crippen molar-refractivity contribution < 1.29 is 4.79 Å². The molecule has 5 atom stereocenters. The van der Waals surface area contributed by atoms with E-state index in [-0.39, 0.29) is 5.56 Å². The average molecular weight is 397 g/mol. The van der Waals surface area contributed by atoms with Gasteiger partial charge in [0.15, 0.2) is 0 Å². The number of aromatic nitrogens is 2. The van der Waals surface area contributed by atoms with Crippen molar-refractivity contribution in [3.05, 3.63) is 21.0 Å². The molecule has 1 aromatic rings. The fraction of sp³-hybridized carbons (Fsp3) is 0.706. The van der Waals surface area contributed by atoms with E-state index < -0.39 is 11.9 Å². The van der Waals surface area contributed by atoms with Gasteiger partial charge in [0, 0.05) is 6.04 Å². The number of hydrogen-bond donors (Lipinski definition) is 2. The van der Waals surface area contributed by atoms with Gasteiger partial charge in [-0.15, -0.1) is 0 Å². The molecule has 2 bridgehead atoms. The van der Waals surface area contributed by atoms with E-state index in [0.29, 0.717) is 27.5 Å². The topological polar surface area (TPSA) is 90.0 Å². The lowest BCUT2D eigenvalue weighted by Crippen LogP contribution is -2.58. The highest BCUT2D eigenvalue weighted by Gasteiger charge is 2.56. The monoisotopic (exact) mass is 396 g/mol. The molecule has 4 rings (SSSR count). The first-order valence-corrected chi connectivity index (χ1v) is 9.27. The van der Waals surface area contributed by atoms with Gasteiger partial charge in [-0.1, -0.05) is 20.8 Å². The molecule has 0 saturated heterocycles. The summed E-state index contributed by atoms with van der Waals surface area (Å²) in [6.07, 6.45) is 4.02. The SMILES string of the molecule is CC(C(N)=O)n1ncc(N[C@@H]2C[C@H]3C[C@@H]([C@H]2C)C3(C)C)c(Br)c1=O. The fourth-order valence-electron chi connectivity index (χ4n) is 4.48. The van der Waals surface area contributed by atoms with Crippen LogP contribution in [0.15, 0.2) is 15.5 Å². The fourth-order valence-corrected chi connectivity index (χ4v) is 4.88. The third-order valence-electron chi connectivity index (χ3n) is 6.42. The molecule has 7 heteroatoms. The Morgan fingerprint density at radius 1 is 1.50 bits per heavy atom. The maximum atomic E-state index is 12.4. The van der Waals surface area contributed by atoms with Gasteiger partial charge in [-0.25, -0.2) is 4.68 Å². The van der Waals surface area contributed by atoms with E-state index in [4.69, 9.17) is 5.73 Å². The van der Waals surface area contributed by atoms with Crippen LogP contribution in [0, 0.1) is 23.2 Å². The van der Waals surface area contributed by atoms with Gasteiger partial charge < -0.3 is 11.1 Å². The van der Waals surface area contributed by atoms with Crippen molar-refractivity contribution in [2.24, 2.45) is 28.9 Å². The number of nitrogens with zero attached hydrogens (tertiary/aromatic N) is 2. The van der Waals surface area contributed by atoms with Crippen molar-refractivity contribution in [1.82, 2.24) is 9.78 Å². The summed E-state index contributed by atoms with van der Waals surface area (Å²) in [4.78, 5) is 23.7. The number of carbonyl (C=O) groups is 1. The first-order chi connectivity index (χ1) is 11.1. The lowest BCUT2D eigenvalue weighted by atomic mass is 9.45. The summed E-state index contributed by atoms with van der Waals surface area (Å²) in [5.41, 5.74) is 6.03. The van der Waals surface area contributed by atoms with Crippen molar-refractivity contribution in [2.75, 3.05) is 5.32 Å². The molecule has 132 valence electrons. The van der Waals surface area contributed by atoms with Crippen molar-refractivity contribution in [3.63, 3.8) is 0 Å². The van der Waals surface area contributed by atoms with E-state index in [1.165, 1.54) is 6.42 Å². The Labute approximate surface area is 150 Å². The van der Waals surface area contributed by atoms with E-state index in [1.54, 1.807) is 13.1 Å². The average Bonchev–Trinajstić information content (AvgIpc) is 2.52. The predicted molar refractivity (Wildman–Crippen MR) is 96.7 cm³/mol. The van der Waals surface area contributed by atoms with Crippen molar-refractivity contribution in [3.8, 4) is 0 Å². The Bertz CT molecular complexity index is 730. The molecule has 1 heterocycles. The Kier molecular flexibility index (Phi) is 4.26. The Morgan fingerprint density at radius 3 is 2.71 bits per heavy atom. The minimum Gasteiger partial charge on any atom is -0.380 e. The molecule has 3 aliphatic rings. The number of carbonyl (C=O) groups excluding carboxylic acids is 1. The van der Waals surface area contributed by atoms with Gasteiger partial charge >= 0.3 is 0 Å². The molecule has 24 heavy (non-hydrogen) atoms. The van der Waals surface area contributed by atoms with Crippen LogP contribution in [0.3, 0.4) is 0 Å². The number of rotatable bonds is 4. The number of primary amides is 1. The van der Waals surface area contributed by atoms with Gasteiger partial charge in [-0.05, 0) is 58.9 Å². The molecule has 1 unspecified atom stereocenters. The third kappa shape index (κ3) is 2.57. The molecule has 0 spiro atoms. The van der Waals surface area contributed by atoms with Crippen LogP contribution in [0.25, 0.3) is 0 Å². The summed E-state index contributed by atoms with van der Waals surface area (Å²) >= 11 is 3.36. The van der Waals surface area contributed by atoms with Crippen LogP contribution in [-0.2, 0) is 4.79 Å². The molecule has 3 fully saturated rings. The Balaban J connectivity index is 1.81. The summed E-state index contributed by atoms with van der Waals surface area (Å²) in [6.45, 7) is 8.58. The highest BCUT2D eigenvalue weighted by Crippen LogP contribution is 2.61. The highest BCUT2D eigenvalue weighted by molar-refractivity contribution is 9.10. The number of nitrogens with one attached hydrogen (secondary N) is 1. The molecule has 0 aliphatic heterocycles. The Hall–Kier alpha value is -1.37. The number of amides is 1. The molecule has 6 nitrogen and oxygen atoms in total. The molecule has 3 N–H and O–H groups in total. The number of nitrogens with two attached hydrogens (primary N) is 1. The zero-order valence-corrected chi connectivity index (χ0v) is 16.1. The van der Waals surface area contributed by atoms with Crippen LogP contribution in [-0.4, -0.2) is 21.7 Å². The third-order valence-corrected chi connectivity index (χ3v) is 7.18. The molecule has 0 radical (unpaired) electrons. The first-order valence-electron chi connectivity index (χ1n) is 8.47. The van der Waals surface area contributed by atoms with Gasteiger partial charge in [-0.2, -0.15) is 5.10 Å². The van der Waals surface area contributed by atoms with E-state index in [0.717, 1.165) is 22.9 Å². The normalized spacial score (nSPS) is 31.9. The van der Waals surface area contributed by atoms with Gasteiger partial charge in [0.2, 0.25) is 5.91 Å². The molecule has 3 saturated carbocycles. The second-order valence-corrected chi connectivity index (χ2v) is 8.70. The van der Waals surface area contributed by atoms with Gasteiger partial charge in [-0.3, -0.25) is 9.59 Å².